The Bertz CT molecular complexity index is 559. The van der Waals surface area contributed by atoms with Crippen LogP contribution in [0.15, 0.2) is 24.3 Å². The molecule has 82 valence electrons. The first-order valence-corrected chi connectivity index (χ1v) is 4.49. The largest absolute Gasteiger partial charge is 0.506 e. The maximum Gasteiger partial charge on any atom is 0.354 e. The number of fused-ring (bicyclic) bond motifs is 1. The molecule has 0 fully saturated rings. The van der Waals surface area contributed by atoms with Crippen molar-refractivity contribution in [2.45, 2.75) is 0 Å². The van der Waals surface area contributed by atoms with E-state index in [4.69, 9.17) is 16.7 Å². The van der Waals surface area contributed by atoms with Crippen LogP contribution >= 0.6 is 11.6 Å². The van der Waals surface area contributed by atoms with Gasteiger partial charge in [0.15, 0.2) is 17.4 Å². The minimum absolute atomic E-state index is 0. The number of carboxylic acid groups (broad SMARTS) is 1. The fraction of sp³-hybridized carbons (Fsp3) is 0. The lowest BCUT2D eigenvalue weighted by Crippen LogP contribution is -1.99. The molecule has 4 nitrogen and oxygen atoms in total. The van der Waals surface area contributed by atoms with Crippen LogP contribution < -0.4 is 0 Å². The molecule has 0 amide bonds. The standard InChI is InChI=1S/C10H6ClNO3.Al.3H/c11-6-2-4-8(13)9-5(6)1-3-7(12-9)10(14)15;;;;/h1-4,13H,(H,14,15);;;;. The molecule has 0 aliphatic rings. The molecule has 16 heavy (non-hydrogen) atoms. The third-order valence-corrected chi connectivity index (χ3v) is 2.33. The van der Waals surface area contributed by atoms with Crippen molar-refractivity contribution in [3.05, 3.63) is 35.0 Å². The van der Waals surface area contributed by atoms with Gasteiger partial charge >= 0.3 is 5.97 Å². The summed E-state index contributed by atoms with van der Waals surface area (Å²) in [5.74, 6) is -1.23. The molecule has 0 saturated carbocycles. The number of benzene rings is 1. The van der Waals surface area contributed by atoms with E-state index in [2.05, 4.69) is 4.98 Å². The van der Waals surface area contributed by atoms with Crippen molar-refractivity contribution in [2.75, 3.05) is 0 Å². The predicted molar refractivity (Wildman–Crippen MR) is 65.3 cm³/mol. The van der Waals surface area contributed by atoms with Gasteiger partial charge in [-0.25, -0.2) is 9.78 Å². The number of aromatic nitrogens is 1. The van der Waals surface area contributed by atoms with Crippen LogP contribution in [0, 0.1) is 0 Å². The Morgan fingerprint density at radius 2 is 1.94 bits per heavy atom. The van der Waals surface area contributed by atoms with Gasteiger partial charge in [0.05, 0.1) is 5.02 Å². The molecule has 0 spiro atoms. The summed E-state index contributed by atoms with van der Waals surface area (Å²) in [6.45, 7) is 0. The van der Waals surface area contributed by atoms with E-state index in [1.54, 1.807) is 0 Å². The summed E-state index contributed by atoms with van der Waals surface area (Å²) < 4.78 is 0. The molecule has 0 radical (unpaired) electrons. The topological polar surface area (TPSA) is 70.4 Å². The Morgan fingerprint density at radius 3 is 2.56 bits per heavy atom. The van der Waals surface area contributed by atoms with Gasteiger partial charge in [-0.05, 0) is 24.3 Å². The summed E-state index contributed by atoms with van der Waals surface area (Å²) in [7, 11) is 0. The van der Waals surface area contributed by atoms with Gasteiger partial charge in [-0.15, -0.1) is 0 Å². The molecule has 0 aliphatic heterocycles. The lowest BCUT2D eigenvalue weighted by Gasteiger charge is -2.03. The number of aromatic carboxylic acids is 1. The normalized spacial score (nSPS) is 9.81. The fourth-order valence-electron chi connectivity index (χ4n) is 1.29. The Balaban J connectivity index is 0.00000128. The number of halogens is 1. The monoisotopic (exact) mass is 253 g/mol. The first-order chi connectivity index (χ1) is 7.09. The average molecular weight is 254 g/mol. The second-order valence-corrected chi connectivity index (χ2v) is 3.37. The number of aromatic hydroxyl groups is 1. The van der Waals surface area contributed by atoms with E-state index in [0.29, 0.717) is 10.4 Å². The number of pyridine rings is 1. The van der Waals surface area contributed by atoms with Crippen molar-refractivity contribution in [1.29, 1.82) is 0 Å². The van der Waals surface area contributed by atoms with Crippen LogP contribution in [0.4, 0.5) is 0 Å². The van der Waals surface area contributed by atoms with Crippen molar-refractivity contribution in [1.82, 2.24) is 4.98 Å². The van der Waals surface area contributed by atoms with E-state index in [9.17, 15) is 9.90 Å². The third kappa shape index (κ3) is 2.12. The molecule has 1 aromatic heterocycles. The van der Waals surface area contributed by atoms with Gasteiger partial charge in [0, 0.05) is 5.39 Å². The highest BCUT2D eigenvalue weighted by Crippen LogP contribution is 2.29. The summed E-state index contributed by atoms with van der Waals surface area (Å²) >= 11 is 5.86. The van der Waals surface area contributed by atoms with Crippen molar-refractivity contribution in [2.24, 2.45) is 0 Å². The minimum Gasteiger partial charge on any atom is -0.506 e. The molecule has 2 aromatic rings. The third-order valence-electron chi connectivity index (χ3n) is 2.00. The molecule has 2 N–H and O–H groups in total. The van der Waals surface area contributed by atoms with E-state index < -0.39 is 5.97 Å². The number of carbonyl (C=O) groups is 1. The van der Waals surface area contributed by atoms with Crippen LogP contribution in [-0.4, -0.2) is 38.5 Å². The van der Waals surface area contributed by atoms with Crippen LogP contribution in [0.5, 0.6) is 5.75 Å². The number of carboxylic acids is 1. The zero-order valence-electron chi connectivity index (χ0n) is 7.44. The minimum atomic E-state index is -1.14. The molecule has 0 unspecified atom stereocenters. The first-order valence-electron chi connectivity index (χ1n) is 4.11. The second kappa shape index (κ2) is 4.71. The summed E-state index contributed by atoms with van der Waals surface area (Å²) in [4.78, 5) is 14.5. The maximum atomic E-state index is 10.7. The second-order valence-electron chi connectivity index (χ2n) is 2.96. The molecular formula is C10H9AlClNO3. The number of hydrogen-bond acceptors (Lipinski definition) is 3. The maximum absolute atomic E-state index is 10.7. The van der Waals surface area contributed by atoms with E-state index in [0.717, 1.165) is 0 Å². The highest BCUT2D eigenvalue weighted by atomic mass is 35.5. The zero-order chi connectivity index (χ0) is 11.0. The predicted octanol–water partition coefficient (Wildman–Crippen LogP) is 1.11. The zero-order valence-corrected chi connectivity index (χ0v) is 8.19. The van der Waals surface area contributed by atoms with Gasteiger partial charge in [-0.3, -0.25) is 0 Å². The molecule has 1 aromatic carbocycles. The highest BCUT2D eigenvalue weighted by Gasteiger charge is 2.09. The van der Waals surface area contributed by atoms with Gasteiger partial charge in [0.1, 0.15) is 17.0 Å². The van der Waals surface area contributed by atoms with Gasteiger partial charge in [0.2, 0.25) is 0 Å². The Hall–Kier alpha value is -1.28. The number of phenols is 1. The van der Waals surface area contributed by atoms with Crippen LogP contribution in [0.2, 0.25) is 5.02 Å². The van der Waals surface area contributed by atoms with Crippen LogP contribution in [0.3, 0.4) is 0 Å². The van der Waals surface area contributed by atoms with Crippen molar-refractivity contribution in [3.8, 4) is 5.75 Å². The summed E-state index contributed by atoms with van der Waals surface area (Å²) in [6.07, 6.45) is 0. The van der Waals surface area contributed by atoms with Crippen LogP contribution in [-0.2, 0) is 0 Å². The first kappa shape index (κ1) is 12.8. The lowest BCUT2D eigenvalue weighted by atomic mass is 10.2. The molecule has 2 rings (SSSR count). The van der Waals surface area contributed by atoms with Gasteiger partial charge < -0.3 is 10.2 Å². The van der Waals surface area contributed by atoms with Gasteiger partial charge in [-0.1, -0.05) is 11.6 Å². The molecule has 1 heterocycles. The van der Waals surface area contributed by atoms with Crippen molar-refractivity contribution in [3.63, 3.8) is 0 Å². The quantitative estimate of drug-likeness (QED) is 0.747. The van der Waals surface area contributed by atoms with E-state index in [1.165, 1.54) is 24.3 Å². The molecule has 6 heteroatoms. The van der Waals surface area contributed by atoms with E-state index in [1.807, 2.05) is 0 Å². The van der Waals surface area contributed by atoms with Crippen molar-refractivity contribution < 1.29 is 15.0 Å². The average Bonchev–Trinajstić information content (AvgIpc) is 2.23. The SMILES string of the molecule is O=C(O)c1ccc2c(Cl)ccc(O)c2n1.[AlH3]. The number of hydrogen-bond donors (Lipinski definition) is 2. The molecular weight excluding hydrogens is 245 g/mol. The number of phenolic OH excluding ortho intramolecular Hbond substituents is 1. The number of nitrogens with zero attached hydrogens (tertiary/aromatic N) is 1. The molecule has 0 atom stereocenters. The Morgan fingerprint density at radius 1 is 1.25 bits per heavy atom. The molecule has 0 saturated heterocycles. The van der Waals surface area contributed by atoms with Gasteiger partial charge in [-0.2, -0.15) is 0 Å². The molecule has 0 bridgehead atoms. The number of rotatable bonds is 1. The summed E-state index contributed by atoms with van der Waals surface area (Å²) in [6, 6.07) is 5.77. The van der Waals surface area contributed by atoms with E-state index >= 15 is 0 Å². The van der Waals surface area contributed by atoms with Crippen LogP contribution in [0.1, 0.15) is 10.5 Å². The van der Waals surface area contributed by atoms with Crippen molar-refractivity contribution >= 4 is 45.8 Å². The Labute approximate surface area is 107 Å². The van der Waals surface area contributed by atoms with Gasteiger partial charge in [0.25, 0.3) is 0 Å². The van der Waals surface area contributed by atoms with E-state index in [-0.39, 0.29) is 34.3 Å². The molecule has 0 aliphatic carbocycles. The summed E-state index contributed by atoms with van der Waals surface area (Å²) in [5.41, 5.74) is 0.0717. The Kier molecular flexibility index (Phi) is 3.76. The lowest BCUT2D eigenvalue weighted by molar-refractivity contribution is 0.0691. The smallest absolute Gasteiger partial charge is 0.354 e. The summed E-state index contributed by atoms with van der Waals surface area (Å²) in [5, 5.41) is 19.2. The highest BCUT2D eigenvalue weighted by molar-refractivity contribution is 6.35. The fourth-order valence-corrected chi connectivity index (χ4v) is 1.50. The van der Waals surface area contributed by atoms with Crippen LogP contribution in [0.25, 0.3) is 10.9 Å².